The molecule has 2 aromatic rings. The Morgan fingerprint density at radius 2 is 1.59 bits per heavy atom. The number of alkyl halides is 2. The molecule has 2 aromatic carbocycles. The number of nitrogens with zero attached hydrogens (tertiary/aromatic N) is 1. The number of methoxy groups -OCH3 is 1. The van der Waals surface area contributed by atoms with Crippen molar-refractivity contribution in [1.29, 1.82) is 0 Å². The minimum absolute atomic E-state index is 0.00414. The molecule has 0 aliphatic carbocycles. The van der Waals surface area contributed by atoms with E-state index in [1.165, 1.54) is 19.2 Å². The standard InChI is InChI=1S/C22H24F2N2O6/c1-4-26(5-2)20(28)14-6-9-16(10-7-14)25-19(27)13-31-21(29)15-8-11-17(32-22(23)24)18(12-15)30-3/h6-12,22H,4-5,13H2,1-3H3,(H,25,27). The van der Waals surface area contributed by atoms with Crippen molar-refractivity contribution in [2.75, 3.05) is 32.1 Å². The summed E-state index contributed by atoms with van der Waals surface area (Å²) in [6, 6.07) is 9.86. The number of rotatable bonds is 10. The molecule has 0 saturated heterocycles. The second-order valence-electron chi connectivity index (χ2n) is 6.42. The molecule has 0 spiro atoms. The third kappa shape index (κ3) is 6.66. The van der Waals surface area contributed by atoms with E-state index < -0.39 is 25.1 Å². The zero-order valence-electron chi connectivity index (χ0n) is 17.9. The summed E-state index contributed by atoms with van der Waals surface area (Å²) < 4.78 is 38.9. The summed E-state index contributed by atoms with van der Waals surface area (Å²) in [7, 11) is 1.23. The topological polar surface area (TPSA) is 94.2 Å². The molecule has 32 heavy (non-hydrogen) atoms. The average molecular weight is 450 g/mol. The number of hydrogen-bond acceptors (Lipinski definition) is 6. The number of amides is 2. The molecule has 0 atom stereocenters. The molecule has 2 rings (SSSR count). The molecular formula is C22H24F2N2O6. The number of anilines is 1. The van der Waals surface area contributed by atoms with Gasteiger partial charge in [0.15, 0.2) is 18.1 Å². The number of ether oxygens (including phenoxy) is 3. The van der Waals surface area contributed by atoms with Crippen molar-refractivity contribution in [3.05, 3.63) is 53.6 Å². The van der Waals surface area contributed by atoms with Crippen molar-refractivity contribution in [3.63, 3.8) is 0 Å². The third-order valence-corrected chi connectivity index (χ3v) is 4.42. The van der Waals surface area contributed by atoms with E-state index in [4.69, 9.17) is 9.47 Å². The Balaban J connectivity index is 1.92. The van der Waals surface area contributed by atoms with Crippen LogP contribution >= 0.6 is 0 Å². The Kier molecular flexibility index (Phi) is 8.94. The molecule has 2 amide bonds. The Morgan fingerprint density at radius 3 is 2.16 bits per heavy atom. The fourth-order valence-corrected chi connectivity index (χ4v) is 2.79. The first-order chi connectivity index (χ1) is 15.3. The van der Waals surface area contributed by atoms with E-state index in [1.807, 2.05) is 13.8 Å². The minimum atomic E-state index is -3.05. The van der Waals surface area contributed by atoms with E-state index in [0.717, 1.165) is 6.07 Å². The second kappa shape index (κ2) is 11.6. The number of carbonyl (C=O) groups is 3. The van der Waals surface area contributed by atoms with E-state index in [9.17, 15) is 23.2 Å². The number of esters is 1. The lowest BCUT2D eigenvalue weighted by molar-refractivity contribution is -0.119. The second-order valence-corrected chi connectivity index (χ2v) is 6.42. The lowest BCUT2D eigenvalue weighted by Gasteiger charge is -2.18. The van der Waals surface area contributed by atoms with Gasteiger partial charge in [-0.3, -0.25) is 9.59 Å². The summed E-state index contributed by atoms with van der Waals surface area (Å²) in [4.78, 5) is 38.2. The average Bonchev–Trinajstić information content (AvgIpc) is 2.78. The molecule has 0 heterocycles. The van der Waals surface area contributed by atoms with Gasteiger partial charge in [0.2, 0.25) is 0 Å². The van der Waals surface area contributed by atoms with Gasteiger partial charge in [-0.05, 0) is 56.3 Å². The molecule has 0 aromatic heterocycles. The van der Waals surface area contributed by atoms with Gasteiger partial charge in [-0.2, -0.15) is 8.78 Å². The molecule has 8 nitrogen and oxygen atoms in total. The summed E-state index contributed by atoms with van der Waals surface area (Å²) in [6.45, 7) is 1.34. The fourth-order valence-electron chi connectivity index (χ4n) is 2.79. The molecule has 0 radical (unpaired) electrons. The van der Waals surface area contributed by atoms with Crippen LogP contribution in [0.4, 0.5) is 14.5 Å². The van der Waals surface area contributed by atoms with Crippen LogP contribution in [-0.4, -0.2) is 56.1 Å². The number of nitrogens with one attached hydrogen (secondary N) is 1. The number of halogens is 2. The highest BCUT2D eigenvalue weighted by Gasteiger charge is 2.16. The molecule has 0 aliphatic heterocycles. The Morgan fingerprint density at radius 1 is 0.969 bits per heavy atom. The van der Waals surface area contributed by atoms with Crippen molar-refractivity contribution < 1.29 is 37.4 Å². The SMILES string of the molecule is CCN(CC)C(=O)c1ccc(NC(=O)COC(=O)c2ccc(OC(F)F)c(OC)c2)cc1. The maximum atomic E-state index is 12.4. The van der Waals surface area contributed by atoms with Crippen molar-refractivity contribution >= 4 is 23.5 Å². The van der Waals surface area contributed by atoms with Crippen molar-refractivity contribution in [1.82, 2.24) is 4.90 Å². The van der Waals surface area contributed by atoms with Gasteiger partial charge in [0.1, 0.15) is 0 Å². The largest absolute Gasteiger partial charge is 0.493 e. The first-order valence-electron chi connectivity index (χ1n) is 9.78. The molecule has 0 aliphatic rings. The highest BCUT2D eigenvalue weighted by molar-refractivity contribution is 5.97. The van der Waals surface area contributed by atoms with E-state index in [2.05, 4.69) is 10.1 Å². The van der Waals surface area contributed by atoms with Gasteiger partial charge in [-0.15, -0.1) is 0 Å². The maximum absolute atomic E-state index is 12.4. The highest BCUT2D eigenvalue weighted by Crippen LogP contribution is 2.29. The van der Waals surface area contributed by atoms with Crippen LogP contribution in [0.25, 0.3) is 0 Å². The van der Waals surface area contributed by atoms with Crippen molar-refractivity contribution in [2.45, 2.75) is 20.5 Å². The van der Waals surface area contributed by atoms with E-state index in [1.54, 1.807) is 29.2 Å². The molecule has 0 unspecified atom stereocenters. The predicted octanol–water partition coefficient (Wildman–Crippen LogP) is 3.57. The van der Waals surface area contributed by atoms with E-state index in [0.29, 0.717) is 24.3 Å². The number of carbonyl (C=O) groups excluding carboxylic acids is 3. The van der Waals surface area contributed by atoms with Crippen LogP contribution in [0.15, 0.2) is 42.5 Å². The number of hydrogen-bond donors (Lipinski definition) is 1. The van der Waals surface area contributed by atoms with Crippen LogP contribution < -0.4 is 14.8 Å². The molecular weight excluding hydrogens is 426 g/mol. The van der Waals surface area contributed by atoms with Crippen molar-refractivity contribution in [3.8, 4) is 11.5 Å². The minimum Gasteiger partial charge on any atom is -0.493 e. The smallest absolute Gasteiger partial charge is 0.387 e. The van der Waals surface area contributed by atoms with Crippen LogP contribution in [-0.2, 0) is 9.53 Å². The summed E-state index contributed by atoms with van der Waals surface area (Å²) in [5, 5.41) is 2.56. The van der Waals surface area contributed by atoms with Gasteiger partial charge in [-0.25, -0.2) is 4.79 Å². The van der Waals surface area contributed by atoms with Gasteiger partial charge in [0, 0.05) is 24.3 Å². The maximum Gasteiger partial charge on any atom is 0.387 e. The monoisotopic (exact) mass is 450 g/mol. The summed E-state index contributed by atoms with van der Waals surface area (Å²) in [6.07, 6.45) is 0. The zero-order chi connectivity index (χ0) is 23.7. The van der Waals surface area contributed by atoms with Gasteiger partial charge in [0.25, 0.3) is 11.8 Å². The predicted molar refractivity (Wildman–Crippen MR) is 112 cm³/mol. The van der Waals surface area contributed by atoms with Crippen LogP contribution in [0.1, 0.15) is 34.6 Å². The zero-order valence-corrected chi connectivity index (χ0v) is 17.9. The summed E-state index contributed by atoms with van der Waals surface area (Å²) >= 11 is 0. The van der Waals surface area contributed by atoms with Crippen LogP contribution in [0.5, 0.6) is 11.5 Å². The molecule has 0 fully saturated rings. The van der Waals surface area contributed by atoms with E-state index >= 15 is 0 Å². The van der Waals surface area contributed by atoms with Gasteiger partial charge in [0.05, 0.1) is 12.7 Å². The molecule has 172 valence electrons. The first-order valence-corrected chi connectivity index (χ1v) is 9.78. The highest BCUT2D eigenvalue weighted by atomic mass is 19.3. The Hall–Kier alpha value is -3.69. The molecule has 0 saturated carbocycles. The summed E-state index contributed by atoms with van der Waals surface area (Å²) in [5.74, 6) is -1.86. The molecule has 10 heteroatoms. The lowest BCUT2D eigenvalue weighted by Crippen LogP contribution is -2.30. The number of benzene rings is 2. The third-order valence-electron chi connectivity index (χ3n) is 4.42. The lowest BCUT2D eigenvalue weighted by atomic mass is 10.1. The van der Waals surface area contributed by atoms with Crippen molar-refractivity contribution in [2.24, 2.45) is 0 Å². The van der Waals surface area contributed by atoms with Crippen LogP contribution in [0.2, 0.25) is 0 Å². The Bertz CT molecular complexity index is 946. The quantitative estimate of drug-likeness (QED) is 0.556. The van der Waals surface area contributed by atoms with Gasteiger partial charge < -0.3 is 24.4 Å². The van der Waals surface area contributed by atoms with E-state index in [-0.39, 0.29) is 23.0 Å². The van der Waals surface area contributed by atoms with Gasteiger partial charge in [-0.1, -0.05) is 0 Å². The normalized spacial score (nSPS) is 10.4. The molecule has 0 bridgehead atoms. The van der Waals surface area contributed by atoms with Gasteiger partial charge >= 0.3 is 12.6 Å². The fraction of sp³-hybridized carbons (Fsp3) is 0.318. The molecule has 1 N–H and O–H groups in total. The Labute approximate surface area is 184 Å². The first kappa shape index (κ1) is 24.6. The summed E-state index contributed by atoms with van der Waals surface area (Å²) in [5.41, 5.74) is 0.916. The van der Waals surface area contributed by atoms with Crippen LogP contribution in [0.3, 0.4) is 0 Å². The van der Waals surface area contributed by atoms with Crippen LogP contribution in [0, 0.1) is 0 Å².